The van der Waals surface area contributed by atoms with Crippen molar-refractivity contribution in [3.05, 3.63) is 46.4 Å². The Bertz CT molecular complexity index is 943. The molecule has 2 aliphatic rings. The highest BCUT2D eigenvalue weighted by Gasteiger charge is 2.26. The Kier molecular flexibility index (Phi) is 5.29. The number of hydrogen-bond donors (Lipinski definition) is 1. The van der Waals surface area contributed by atoms with Crippen LogP contribution in [-0.2, 0) is 16.6 Å². The molecular weight excluding hydrogens is 432 g/mol. The molecule has 0 radical (unpaired) electrons. The minimum Gasteiger partial charge on any atom is -0.454 e. The number of benzene rings is 2. The second-order valence-electron chi connectivity index (χ2n) is 6.64. The number of hydrogen-bond acceptors (Lipinski definition) is 5. The van der Waals surface area contributed by atoms with Gasteiger partial charge in [0.25, 0.3) is 0 Å². The van der Waals surface area contributed by atoms with E-state index in [1.54, 1.807) is 22.5 Å². The van der Waals surface area contributed by atoms with Gasteiger partial charge in [-0.05, 0) is 48.7 Å². The molecule has 1 saturated heterocycles. The summed E-state index contributed by atoms with van der Waals surface area (Å²) in [6, 6.07) is 10.8. The molecule has 0 saturated carbocycles. The van der Waals surface area contributed by atoms with Gasteiger partial charge in [0.1, 0.15) is 0 Å². The minimum absolute atomic E-state index is 0.231. The molecule has 6 nitrogen and oxygen atoms in total. The number of rotatable bonds is 5. The number of halogens is 1. The molecule has 0 aliphatic carbocycles. The van der Waals surface area contributed by atoms with Crippen LogP contribution in [0, 0.1) is 0 Å². The molecule has 4 rings (SSSR count). The van der Waals surface area contributed by atoms with E-state index < -0.39 is 10.0 Å². The van der Waals surface area contributed by atoms with Crippen molar-refractivity contribution in [2.24, 2.45) is 0 Å². The van der Waals surface area contributed by atoms with Gasteiger partial charge >= 0.3 is 0 Å². The highest BCUT2D eigenvalue weighted by molar-refractivity contribution is 9.10. The van der Waals surface area contributed by atoms with Gasteiger partial charge in [-0.1, -0.05) is 28.4 Å². The molecule has 2 aliphatic heterocycles. The van der Waals surface area contributed by atoms with Crippen LogP contribution >= 0.6 is 15.9 Å². The molecule has 0 spiro atoms. The van der Waals surface area contributed by atoms with Gasteiger partial charge in [-0.15, -0.1) is 0 Å². The van der Waals surface area contributed by atoms with Crippen molar-refractivity contribution in [3.63, 3.8) is 0 Å². The van der Waals surface area contributed by atoms with Crippen molar-refractivity contribution in [3.8, 4) is 11.5 Å². The maximum absolute atomic E-state index is 12.9. The van der Waals surface area contributed by atoms with E-state index in [0.29, 0.717) is 24.5 Å². The summed E-state index contributed by atoms with van der Waals surface area (Å²) in [5.74, 6) is 1.44. The number of sulfonamides is 1. The summed E-state index contributed by atoms with van der Waals surface area (Å²) in [4.78, 5) is 0.333. The number of ether oxygens (including phenoxy) is 2. The summed E-state index contributed by atoms with van der Waals surface area (Å²) in [6.45, 7) is 1.97. The molecule has 0 atom stereocenters. The first kappa shape index (κ1) is 18.6. The van der Waals surface area contributed by atoms with Gasteiger partial charge in [0, 0.05) is 29.8 Å². The number of nitrogens with one attached hydrogen (secondary N) is 1. The van der Waals surface area contributed by atoms with Crippen molar-refractivity contribution in [1.29, 1.82) is 0 Å². The predicted octanol–water partition coefficient (Wildman–Crippen LogP) is 3.96. The minimum atomic E-state index is -3.44. The Balaban J connectivity index is 1.50. The summed E-state index contributed by atoms with van der Waals surface area (Å²) < 4.78 is 39.0. The second kappa shape index (κ2) is 7.69. The molecule has 144 valence electrons. The topological polar surface area (TPSA) is 67.9 Å². The van der Waals surface area contributed by atoms with E-state index in [-0.39, 0.29) is 6.79 Å². The van der Waals surface area contributed by atoms with Crippen molar-refractivity contribution < 1.29 is 17.9 Å². The molecule has 2 aromatic carbocycles. The number of fused-ring (bicyclic) bond motifs is 1. The molecule has 1 fully saturated rings. The fourth-order valence-electron chi connectivity index (χ4n) is 3.31. The van der Waals surface area contributed by atoms with Crippen LogP contribution in [-0.4, -0.2) is 32.6 Å². The summed E-state index contributed by atoms with van der Waals surface area (Å²) in [5.41, 5.74) is 1.76. The summed E-state index contributed by atoms with van der Waals surface area (Å²) in [5, 5.41) is 3.30. The normalized spacial score (nSPS) is 17.1. The van der Waals surface area contributed by atoms with Crippen molar-refractivity contribution in [2.75, 3.05) is 25.2 Å². The first-order valence-corrected chi connectivity index (χ1v) is 11.2. The maximum atomic E-state index is 12.9. The largest absolute Gasteiger partial charge is 0.454 e. The molecule has 0 unspecified atom stereocenters. The zero-order chi connectivity index (χ0) is 18.9. The Hall–Kier alpha value is -1.77. The van der Waals surface area contributed by atoms with Gasteiger partial charge in [0.05, 0.1) is 4.90 Å². The molecular formula is C19H21BrN2O4S. The van der Waals surface area contributed by atoms with E-state index in [2.05, 4.69) is 21.2 Å². The van der Waals surface area contributed by atoms with Gasteiger partial charge in [-0.25, -0.2) is 8.42 Å². The SMILES string of the molecule is O=S(=O)(c1cccc(NCc2cc3c(cc2Br)OCO3)c1)N1CCCCC1. The molecule has 0 amide bonds. The van der Waals surface area contributed by atoms with E-state index in [0.717, 1.165) is 46.5 Å². The number of nitrogens with zero attached hydrogens (tertiary/aromatic N) is 1. The lowest BCUT2D eigenvalue weighted by Crippen LogP contribution is -2.35. The molecule has 1 N–H and O–H groups in total. The van der Waals surface area contributed by atoms with Crippen molar-refractivity contribution in [2.45, 2.75) is 30.7 Å². The van der Waals surface area contributed by atoms with Crippen LogP contribution in [0.5, 0.6) is 11.5 Å². The van der Waals surface area contributed by atoms with E-state index in [4.69, 9.17) is 9.47 Å². The van der Waals surface area contributed by atoms with E-state index >= 15 is 0 Å². The Morgan fingerprint density at radius 2 is 1.78 bits per heavy atom. The lowest BCUT2D eigenvalue weighted by atomic mass is 10.2. The van der Waals surface area contributed by atoms with Crippen LogP contribution in [0.1, 0.15) is 24.8 Å². The Morgan fingerprint density at radius 3 is 2.56 bits per heavy atom. The lowest BCUT2D eigenvalue weighted by molar-refractivity contribution is 0.174. The van der Waals surface area contributed by atoms with Crippen LogP contribution in [0.25, 0.3) is 0 Å². The van der Waals surface area contributed by atoms with Gasteiger partial charge in [-0.3, -0.25) is 0 Å². The predicted molar refractivity (Wildman–Crippen MR) is 107 cm³/mol. The average Bonchev–Trinajstić information content (AvgIpc) is 3.14. The smallest absolute Gasteiger partial charge is 0.243 e. The third-order valence-electron chi connectivity index (χ3n) is 4.81. The van der Waals surface area contributed by atoms with Crippen molar-refractivity contribution in [1.82, 2.24) is 4.31 Å². The summed E-state index contributed by atoms with van der Waals surface area (Å²) >= 11 is 3.54. The van der Waals surface area contributed by atoms with E-state index in [9.17, 15) is 8.42 Å². The second-order valence-corrected chi connectivity index (χ2v) is 9.44. The van der Waals surface area contributed by atoms with E-state index in [1.165, 1.54) is 0 Å². The fourth-order valence-corrected chi connectivity index (χ4v) is 5.34. The first-order chi connectivity index (χ1) is 13.0. The highest BCUT2D eigenvalue weighted by atomic mass is 79.9. The van der Waals surface area contributed by atoms with Gasteiger partial charge in [0.2, 0.25) is 16.8 Å². The van der Waals surface area contributed by atoms with Gasteiger partial charge in [0.15, 0.2) is 11.5 Å². The van der Waals surface area contributed by atoms with Crippen LogP contribution in [0.15, 0.2) is 45.8 Å². The zero-order valence-electron chi connectivity index (χ0n) is 14.8. The Morgan fingerprint density at radius 1 is 1.04 bits per heavy atom. The number of piperidine rings is 1. The van der Waals surface area contributed by atoms with Crippen LogP contribution in [0.3, 0.4) is 0 Å². The maximum Gasteiger partial charge on any atom is 0.243 e. The van der Waals surface area contributed by atoms with Crippen LogP contribution in [0.4, 0.5) is 5.69 Å². The van der Waals surface area contributed by atoms with Crippen LogP contribution < -0.4 is 14.8 Å². The third-order valence-corrected chi connectivity index (χ3v) is 7.44. The quantitative estimate of drug-likeness (QED) is 0.743. The molecule has 0 bridgehead atoms. The lowest BCUT2D eigenvalue weighted by Gasteiger charge is -2.26. The standard InChI is InChI=1S/C19H21BrN2O4S/c20-17-11-19-18(25-13-26-19)9-14(17)12-21-15-5-4-6-16(10-15)27(23,24)22-7-2-1-3-8-22/h4-6,9-11,21H,1-3,7-8,12-13H2. The molecule has 0 aromatic heterocycles. The van der Waals surface area contributed by atoms with Gasteiger partial charge < -0.3 is 14.8 Å². The molecule has 2 heterocycles. The fraction of sp³-hybridized carbons (Fsp3) is 0.368. The summed E-state index contributed by atoms with van der Waals surface area (Å²) in [6.07, 6.45) is 2.95. The Labute approximate surface area is 167 Å². The monoisotopic (exact) mass is 452 g/mol. The molecule has 8 heteroatoms. The number of anilines is 1. The summed E-state index contributed by atoms with van der Waals surface area (Å²) in [7, 11) is -3.44. The van der Waals surface area contributed by atoms with Crippen LogP contribution in [0.2, 0.25) is 0 Å². The van der Waals surface area contributed by atoms with E-state index in [1.807, 2.05) is 18.2 Å². The van der Waals surface area contributed by atoms with Crippen molar-refractivity contribution >= 4 is 31.6 Å². The molecule has 27 heavy (non-hydrogen) atoms. The highest BCUT2D eigenvalue weighted by Crippen LogP contribution is 2.37. The van der Waals surface area contributed by atoms with Gasteiger partial charge in [-0.2, -0.15) is 4.31 Å². The zero-order valence-corrected chi connectivity index (χ0v) is 17.2. The first-order valence-electron chi connectivity index (χ1n) is 8.96. The average molecular weight is 453 g/mol. The third kappa shape index (κ3) is 3.93. The molecule has 2 aromatic rings.